The van der Waals surface area contributed by atoms with E-state index in [1.807, 2.05) is 31.3 Å². The van der Waals surface area contributed by atoms with Crippen molar-refractivity contribution in [3.8, 4) is 0 Å². The van der Waals surface area contributed by atoms with Gasteiger partial charge in [-0.05, 0) is 17.7 Å². The van der Waals surface area contributed by atoms with E-state index in [1.165, 1.54) is 5.56 Å². The van der Waals surface area contributed by atoms with E-state index in [4.69, 9.17) is 0 Å². The summed E-state index contributed by atoms with van der Waals surface area (Å²) in [6.45, 7) is 0. The number of nitrogens with zero attached hydrogens (tertiary/aromatic N) is 1. The van der Waals surface area contributed by atoms with E-state index in [9.17, 15) is 0 Å². The van der Waals surface area contributed by atoms with Gasteiger partial charge in [-0.1, -0.05) is 48.5 Å². The minimum absolute atomic E-state index is 0.947. The van der Waals surface area contributed by atoms with Gasteiger partial charge in [0.2, 0.25) is 0 Å². The molecule has 0 saturated carbocycles. The molecule has 0 aliphatic rings. The molecule has 1 radical (unpaired) electrons. The first-order chi connectivity index (χ1) is 8.40. The van der Waals surface area contributed by atoms with Crippen LogP contribution in [0.2, 0.25) is 0 Å². The highest BCUT2D eigenvalue weighted by Gasteiger charge is 2.03. The normalized spacial score (nSPS) is 11.5. The molecule has 0 heterocycles. The largest absolute Gasteiger partial charge is 0.281 e. The third-order valence-electron chi connectivity index (χ3n) is 2.38. The molecular weight excluding hydrogens is 226 g/mol. The predicted molar refractivity (Wildman–Crippen MR) is 75.5 cm³/mol. The molecule has 0 N–H and O–H groups in total. The van der Waals surface area contributed by atoms with Crippen molar-refractivity contribution in [3.63, 3.8) is 0 Å². The van der Waals surface area contributed by atoms with Crippen LogP contribution < -0.4 is 0 Å². The second-order valence-corrected chi connectivity index (χ2v) is 4.56. The molecular formula is C15H14NS. The molecule has 2 rings (SSSR count). The zero-order valence-electron chi connectivity index (χ0n) is 9.76. The van der Waals surface area contributed by atoms with Crippen LogP contribution in [0.1, 0.15) is 11.1 Å². The number of hydrogen-bond donors (Lipinski definition) is 0. The summed E-state index contributed by atoms with van der Waals surface area (Å²) in [5.41, 5.74) is 2.45. The topological polar surface area (TPSA) is 12.4 Å². The van der Waals surface area contributed by atoms with Crippen LogP contribution in [0.15, 0.2) is 59.6 Å². The Kier molecular flexibility index (Phi) is 4.39. The van der Waals surface area contributed by atoms with Crippen LogP contribution in [-0.4, -0.2) is 12.1 Å². The van der Waals surface area contributed by atoms with Crippen LogP contribution in [0.3, 0.4) is 0 Å². The highest BCUT2D eigenvalue weighted by atomic mass is 32.2. The van der Waals surface area contributed by atoms with Crippen LogP contribution in [0.5, 0.6) is 0 Å². The number of aliphatic imine (C=N–C) groups is 1. The first-order valence-electron chi connectivity index (χ1n) is 5.50. The number of hydrogen-bond acceptors (Lipinski definition) is 2. The lowest BCUT2D eigenvalue weighted by molar-refractivity contribution is 1.41. The van der Waals surface area contributed by atoms with Crippen molar-refractivity contribution in [2.75, 3.05) is 7.05 Å². The standard InChI is InChI=1S/C15H14NS/c1-16-15(14-10-6-3-7-11-14)17-12-13-8-4-2-5-9-13/h2-6,8-11H,12H2,1H3. The average molecular weight is 240 g/mol. The van der Waals surface area contributed by atoms with Crippen LogP contribution in [-0.2, 0) is 5.75 Å². The van der Waals surface area contributed by atoms with Gasteiger partial charge >= 0.3 is 0 Å². The molecule has 2 aromatic carbocycles. The Labute approximate surface area is 107 Å². The zero-order valence-corrected chi connectivity index (χ0v) is 10.6. The maximum absolute atomic E-state index is 4.33. The van der Waals surface area contributed by atoms with Crippen molar-refractivity contribution in [3.05, 3.63) is 71.8 Å². The Balaban J connectivity index is 2.03. The molecule has 0 aliphatic carbocycles. The Hall–Kier alpha value is -1.54. The minimum Gasteiger partial charge on any atom is -0.281 e. The Morgan fingerprint density at radius 2 is 2.00 bits per heavy atom. The van der Waals surface area contributed by atoms with E-state index in [2.05, 4.69) is 41.4 Å². The van der Waals surface area contributed by atoms with Crippen molar-refractivity contribution < 1.29 is 0 Å². The molecule has 0 saturated heterocycles. The molecule has 0 amide bonds. The fourth-order valence-electron chi connectivity index (χ4n) is 1.53. The van der Waals surface area contributed by atoms with Crippen molar-refractivity contribution >= 4 is 16.8 Å². The summed E-state index contributed by atoms with van der Waals surface area (Å²) >= 11 is 1.76. The minimum atomic E-state index is 0.947. The van der Waals surface area contributed by atoms with Gasteiger partial charge in [0.25, 0.3) is 0 Å². The molecule has 0 unspecified atom stereocenters. The molecule has 85 valence electrons. The van der Waals surface area contributed by atoms with Crippen LogP contribution in [0.4, 0.5) is 0 Å². The third-order valence-corrected chi connectivity index (χ3v) is 3.54. The molecule has 0 fully saturated rings. The highest BCUT2D eigenvalue weighted by molar-refractivity contribution is 8.13. The molecule has 0 atom stereocenters. The van der Waals surface area contributed by atoms with E-state index >= 15 is 0 Å². The maximum atomic E-state index is 4.33. The third kappa shape index (κ3) is 3.46. The number of rotatable bonds is 3. The summed E-state index contributed by atoms with van der Waals surface area (Å²) in [6, 6.07) is 21.4. The van der Waals surface area contributed by atoms with Gasteiger partial charge in [-0.2, -0.15) is 0 Å². The van der Waals surface area contributed by atoms with Gasteiger partial charge in [-0.3, -0.25) is 4.99 Å². The number of thioether (sulfide) groups is 1. The van der Waals surface area contributed by atoms with Gasteiger partial charge in [0, 0.05) is 18.4 Å². The van der Waals surface area contributed by atoms with Gasteiger partial charge in [-0.15, -0.1) is 11.8 Å². The van der Waals surface area contributed by atoms with Gasteiger partial charge in [0.1, 0.15) is 0 Å². The lowest BCUT2D eigenvalue weighted by Gasteiger charge is -2.05. The molecule has 2 heteroatoms. The Morgan fingerprint density at radius 1 is 1.18 bits per heavy atom. The van der Waals surface area contributed by atoms with Gasteiger partial charge in [0.05, 0.1) is 5.04 Å². The molecule has 0 spiro atoms. The zero-order chi connectivity index (χ0) is 11.9. The van der Waals surface area contributed by atoms with Crippen molar-refractivity contribution in [1.29, 1.82) is 0 Å². The first-order valence-corrected chi connectivity index (χ1v) is 6.48. The summed E-state index contributed by atoms with van der Waals surface area (Å²) in [7, 11) is 1.83. The Morgan fingerprint density at radius 3 is 2.65 bits per heavy atom. The lowest BCUT2D eigenvalue weighted by Crippen LogP contribution is -1.96. The van der Waals surface area contributed by atoms with E-state index in [1.54, 1.807) is 11.8 Å². The summed E-state index contributed by atoms with van der Waals surface area (Å²) in [5.74, 6) is 0.947. The monoisotopic (exact) mass is 240 g/mol. The molecule has 2 aromatic rings. The molecule has 0 aromatic heterocycles. The summed E-state index contributed by atoms with van der Waals surface area (Å²) < 4.78 is 0. The van der Waals surface area contributed by atoms with Crippen LogP contribution in [0, 0.1) is 6.07 Å². The van der Waals surface area contributed by atoms with E-state index in [0.29, 0.717) is 0 Å². The molecule has 1 nitrogen and oxygen atoms in total. The van der Waals surface area contributed by atoms with Crippen molar-refractivity contribution in [2.45, 2.75) is 5.75 Å². The smallest absolute Gasteiger partial charge is 0.0976 e. The van der Waals surface area contributed by atoms with E-state index < -0.39 is 0 Å². The van der Waals surface area contributed by atoms with Crippen molar-refractivity contribution in [1.82, 2.24) is 0 Å². The summed E-state index contributed by atoms with van der Waals surface area (Å²) in [6.07, 6.45) is 0. The van der Waals surface area contributed by atoms with Crippen molar-refractivity contribution in [2.24, 2.45) is 4.99 Å². The van der Waals surface area contributed by atoms with Gasteiger partial charge in [0.15, 0.2) is 0 Å². The quantitative estimate of drug-likeness (QED) is 0.587. The first kappa shape index (κ1) is 11.9. The summed E-state index contributed by atoms with van der Waals surface area (Å²) in [5, 5.41) is 1.06. The summed E-state index contributed by atoms with van der Waals surface area (Å²) in [4.78, 5) is 4.33. The second kappa shape index (κ2) is 6.26. The average Bonchev–Trinajstić information content (AvgIpc) is 2.42. The predicted octanol–water partition coefficient (Wildman–Crippen LogP) is 3.80. The second-order valence-electron chi connectivity index (χ2n) is 3.60. The highest BCUT2D eigenvalue weighted by Crippen LogP contribution is 2.18. The molecule has 17 heavy (non-hydrogen) atoms. The van der Waals surface area contributed by atoms with Gasteiger partial charge < -0.3 is 0 Å². The van der Waals surface area contributed by atoms with Gasteiger partial charge in [-0.25, -0.2) is 0 Å². The van der Waals surface area contributed by atoms with E-state index in [0.717, 1.165) is 16.4 Å². The van der Waals surface area contributed by atoms with E-state index in [-0.39, 0.29) is 0 Å². The molecule has 0 aliphatic heterocycles. The van der Waals surface area contributed by atoms with Crippen LogP contribution >= 0.6 is 11.8 Å². The number of benzene rings is 2. The molecule has 0 bridgehead atoms. The lowest BCUT2D eigenvalue weighted by atomic mass is 10.2. The fourth-order valence-corrected chi connectivity index (χ4v) is 2.45. The fraction of sp³-hybridized carbons (Fsp3) is 0.133. The van der Waals surface area contributed by atoms with Crippen LogP contribution in [0.25, 0.3) is 0 Å². The maximum Gasteiger partial charge on any atom is 0.0976 e. The SMILES string of the molecule is CN=C(SCc1ccccc1)c1c[c]ccc1. The Bertz CT molecular complexity index is 477.